The summed E-state index contributed by atoms with van der Waals surface area (Å²) in [5.41, 5.74) is 6.18. The van der Waals surface area contributed by atoms with Crippen molar-refractivity contribution in [2.45, 2.75) is 44.6 Å². The molecule has 1 heterocycles. The van der Waals surface area contributed by atoms with Crippen molar-refractivity contribution in [2.24, 2.45) is 5.73 Å². The Morgan fingerprint density at radius 1 is 1.29 bits per heavy atom. The van der Waals surface area contributed by atoms with Crippen LogP contribution in [-0.4, -0.2) is 30.4 Å². The van der Waals surface area contributed by atoms with Gasteiger partial charge in [-0.1, -0.05) is 12.8 Å². The quantitative estimate of drug-likeness (QED) is 0.684. The Morgan fingerprint density at radius 3 is 2.57 bits per heavy atom. The summed E-state index contributed by atoms with van der Waals surface area (Å²) < 4.78 is 5.10. The minimum absolute atomic E-state index is 0.0757. The Balaban J connectivity index is 1.63. The molecule has 0 aliphatic heterocycles. The van der Waals surface area contributed by atoms with Gasteiger partial charge in [-0.3, -0.25) is 9.59 Å². The lowest BCUT2D eigenvalue weighted by molar-refractivity contribution is -0.126. The molecule has 0 spiro atoms. The fraction of sp³-hybridized carbons (Fsp3) is 0.600. The summed E-state index contributed by atoms with van der Waals surface area (Å²) in [4.78, 5) is 23.7. The van der Waals surface area contributed by atoms with Crippen LogP contribution in [0.4, 0.5) is 0 Å². The molecule has 1 aromatic heterocycles. The largest absolute Gasteiger partial charge is 0.459 e. The highest BCUT2D eigenvalue weighted by atomic mass is 16.3. The highest BCUT2D eigenvalue weighted by Gasteiger charge is 2.36. The predicted molar refractivity (Wildman–Crippen MR) is 78.8 cm³/mol. The molecule has 6 heteroatoms. The van der Waals surface area contributed by atoms with Crippen LogP contribution in [0, 0.1) is 6.92 Å². The van der Waals surface area contributed by atoms with Crippen LogP contribution < -0.4 is 16.4 Å². The molecule has 1 aromatic rings. The van der Waals surface area contributed by atoms with E-state index in [9.17, 15) is 9.59 Å². The number of carbonyl (C=O) groups excluding carboxylic acids is 2. The Morgan fingerprint density at radius 2 is 1.95 bits per heavy atom. The van der Waals surface area contributed by atoms with Gasteiger partial charge in [-0.15, -0.1) is 0 Å². The lowest BCUT2D eigenvalue weighted by Crippen LogP contribution is -2.52. The number of carbonyl (C=O) groups is 2. The van der Waals surface area contributed by atoms with Gasteiger partial charge in [0.1, 0.15) is 0 Å². The highest BCUT2D eigenvalue weighted by molar-refractivity contribution is 5.92. The molecule has 0 aromatic carbocycles. The second-order valence-electron chi connectivity index (χ2n) is 5.66. The molecule has 0 unspecified atom stereocenters. The van der Waals surface area contributed by atoms with Crippen LogP contribution in [0.15, 0.2) is 16.7 Å². The van der Waals surface area contributed by atoms with E-state index in [1.54, 1.807) is 6.07 Å². The van der Waals surface area contributed by atoms with E-state index in [2.05, 4.69) is 10.6 Å². The van der Waals surface area contributed by atoms with Crippen molar-refractivity contribution >= 4 is 11.8 Å². The average Bonchev–Trinajstić information content (AvgIpc) is 3.07. The Bertz CT molecular complexity index is 504. The first-order valence-corrected chi connectivity index (χ1v) is 7.42. The molecule has 1 aliphatic carbocycles. The van der Waals surface area contributed by atoms with Crippen molar-refractivity contribution in [3.05, 3.63) is 23.7 Å². The van der Waals surface area contributed by atoms with Gasteiger partial charge in [0, 0.05) is 18.7 Å². The maximum Gasteiger partial charge on any atom is 0.287 e. The first-order chi connectivity index (χ1) is 10.0. The van der Waals surface area contributed by atoms with Crippen LogP contribution in [0.3, 0.4) is 0 Å². The van der Waals surface area contributed by atoms with E-state index in [4.69, 9.17) is 10.2 Å². The van der Waals surface area contributed by atoms with Crippen molar-refractivity contribution < 1.29 is 14.0 Å². The van der Waals surface area contributed by atoms with Gasteiger partial charge in [0.05, 0.1) is 11.8 Å². The van der Waals surface area contributed by atoms with Crippen LogP contribution >= 0.6 is 0 Å². The molecule has 6 nitrogen and oxygen atoms in total. The van der Waals surface area contributed by atoms with Crippen LogP contribution in [-0.2, 0) is 4.79 Å². The third kappa shape index (κ3) is 3.85. The summed E-state index contributed by atoms with van der Waals surface area (Å²) in [5.74, 6) is 0.0361. The lowest BCUT2D eigenvalue weighted by atomic mass is 9.98. The lowest BCUT2D eigenvalue weighted by Gasteiger charge is -2.22. The van der Waals surface area contributed by atoms with Crippen LogP contribution in [0.5, 0.6) is 0 Å². The molecular weight excluding hydrogens is 270 g/mol. The van der Waals surface area contributed by atoms with Gasteiger partial charge in [0.25, 0.3) is 5.91 Å². The van der Waals surface area contributed by atoms with E-state index in [0.717, 1.165) is 31.2 Å². The Labute approximate surface area is 124 Å². The zero-order valence-corrected chi connectivity index (χ0v) is 12.4. The minimum Gasteiger partial charge on any atom is -0.459 e. The van der Waals surface area contributed by atoms with E-state index in [1.165, 1.54) is 6.26 Å². The van der Waals surface area contributed by atoms with Crippen molar-refractivity contribution in [1.29, 1.82) is 0 Å². The number of furan rings is 1. The maximum absolute atomic E-state index is 12.0. The molecule has 1 saturated carbocycles. The third-order valence-electron chi connectivity index (χ3n) is 3.94. The second kappa shape index (κ2) is 6.76. The van der Waals surface area contributed by atoms with Crippen molar-refractivity contribution in [3.8, 4) is 0 Å². The van der Waals surface area contributed by atoms with E-state index in [1.807, 2.05) is 6.92 Å². The summed E-state index contributed by atoms with van der Waals surface area (Å²) in [5, 5.41) is 5.61. The molecule has 2 amide bonds. The van der Waals surface area contributed by atoms with Gasteiger partial charge in [-0.05, 0) is 32.3 Å². The van der Waals surface area contributed by atoms with Crippen LogP contribution in [0.2, 0.25) is 0 Å². The van der Waals surface area contributed by atoms with E-state index < -0.39 is 5.54 Å². The number of nitrogens with two attached hydrogens (primary N) is 1. The van der Waals surface area contributed by atoms with Crippen LogP contribution in [0.1, 0.15) is 48.2 Å². The molecule has 1 aliphatic rings. The SMILES string of the molecule is Cc1ccoc1C(=O)NCCCNC(=O)C1(N)CCCC1. The molecular formula is C15H23N3O3. The van der Waals surface area contributed by atoms with Gasteiger partial charge in [0.15, 0.2) is 5.76 Å². The molecule has 1 fully saturated rings. The molecule has 2 rings (SSSR count). The first-order valence-electron chi connectivity index (χ1n) is 7.42. The summed E-state index contributed by atoms with van der Waals surface area (Å²) in [7, 11) is 0. The smallest absolute Gasteiger partial charge is 0.287 e. The zero-order valence-electron chi connectivity index (χ0n) is 12.4. The zero-order chi connectivity index (χ0) is 15.3. The number of nitrogens with one attached hydrogen (secondary N) is 2. The van der Waals surface area contributed by atoms with Gasteiger partial charge in [0.2, 0.25) is 5.91 Å². The summed E-state index contributed by atoms with van der Waals surface area (Å²) in [6, 6.07) is 1.75. The molecule has 116 valence electrons. The van der Waals surface area contributed by atoms with Crippen molar-refractivity contribution in [1.82, 2.24) is 10.6 Å². The van der Waals surface area contributed by atoms with Gasteiger partial charge < -0.3 is 20.8 Å². The fourth-order valence-electron chi connectivity index (χ4n) is 2.59. The number of rotatable bonds is 6. The number of aryl methyl sites for hydroxylation is 1. The van der Waals surface area contributed by atoms with Gasteiger partial charge >= 0.3 is 0 Å². The average molecular weight is 293 g/mol. The molecule has 0 saturated heterocycles. The third-order valence-corrected chi connectivity index (χ3v) is 3.94. The maximum atomic E-state index is 12.0. The number of hydrogen-bond donors (Lipinski definition) is 3. The van der Waals surface area contributed by atoms with E-state index >= 15 is 0 Å². The predicted octanol–water partition coefficient (Wildman–Crippen LogP) is 1.10. The Hall–Kier alpha value is -1.82. The minimum atomic E-state index is -0.686. The summed E-state index contributed by atoms with van der Waals surface area (Å²) >= 11 is 0. The molecule has 0 atom stereocenters. The van der Waals surface area contributed by atoms with E-state index in [0.29, 0.717) is 25.3 Å². The molecule has 21 heavy (non-hydrogen) atoms. The highest BCUT2D eigenvalue weighted by Crippen LogP contribution is 2.27. The topological polar surface area (TPSA) is 97.4 Å². The number of hydrogen-bond acceptors (Lipinski definition) is 4. The molecule has 4 N–H and O–H groups in total. The van der Waals surface area contributed by atoms with Gasteiger partial charge in [-0.25, -0.2) is 0 Å². The monoisotopic (exact) mass is 293 g/mol. The van der Waals surface area contributed by atoms with E-state index in [-0.39, 0.29) is 11.8 Å². The molecule has 0 radical (unpaired) electrons. The summed E-state index contributed by atoms with van der Waals surface area (Å²) in [6.07, 6.45) is 5.70. The van der Waals surface area contributed by atoms with Crippen molar-refractivity contribution in [2.75, 3.05) is 13.1 Å². The normalized spacial score (nSPS) is 16.7. The Kier molecular flexibility index (Phi) is 5.01. The van der Waals surface area contributed by atoms with Gasteiger partial charge in [-0.2, -0.15) is 0 Å². The number of amides is 2. The fourth-order valence-corrected chi connectivity index (χ4v) is 2.59. The van der Waals surface area contributed by atoms with Crippen molar-refractivity contribution in [3.63, 3.8) is 0 Å². The second-order valence-corrected chi connectivity index (χ2v) is 5.66. The first kappa shape index (κ1) is 15.6. The van der Waals surface area contributed by atoms with Crippen LogP contribution in [0.25, 0.3) is 0 Å². The standard InChI is InChI=1S/C15H23N3O3/c1-11-5-10-21-12(11)13(19)17-8-4-9-18-14(20)15(16)6-2-3-7-15/h5,10H,2-4,6-9,16H2,1H3,(H,17,19)(H,18,20). The summed E-state index contributed by atoms with van der Waals surface area (Å²) in [6.45, 7) is 2.81. The molecule has 0 bridgehead atoms.